The van der Waals surface area contributed by atoms with E-state index in [0.29, 0.717) is 5.69 Å². The van der Waals surface area contributed by atoms with Crippen LogP contribution in [0.25, 0.3) is 0 Å². The van der Waals surface area contributed by atoms with Crippen LogP contribution in [0.2, 0.25) is 0 Å². The summed E-state index contributed by atoms with van der Waals surface area (Å²) in [6.45, 7) is 0. The van der Waals surface area contributed by atoms with Gasteiger partial charge in [-0.15, -0.1) is 23.2 Å². The van der Waals surface area contributed by atoms with E-state index in [1.54, 1.807) is 0 Å². The van der Waals surface area contributed by atoms with Crippen LogP contribution >= 0.6 is 23.2 Å². The van der Waals surface area contributed by atoms with Gasteiger partial charge in [0.2, 0.25) is 11.8 Å². The third kappa shape index (κ3) is 1.90. The number of hydrogen-bond acceptors (Lipinski definition) is 3. The van der Waals surface area contributed by atoms with Gasteiger partial charge in [-0.3, -0.25) is 14.5 Å². The SMILES string of the molecule is O=C(O)c1ccc(N2C(=O)[C@H]3[C@H]4C[C@@H]([C@@H](Cl)[C@@H]4Cl)[C@@H]3C2=O)cc1. The van der Waals surface area contributed by atoms with Crippen LogP contribution in [-0.4, -0.2) is 33.6 Å². The largest absolute Gasteiger partial charge is 0.478 e. The Bertz CT molecular complexity index is 687. The second-order valence-corrected chi connectivity index (χ2v) is 7.38. The number of halogens is 2. The summed E-state index contributed by atoms with van der Waals surface area (Å²) >= 11 is 12.6. The average Bonchev–Trinajstić information content (AvgIpc) is 3.12. The fourth-order valence-electron chi connectivity index (χ4n) is 4.36. The fourth-order valence-corrected chi connectivity index (χ4v) is 5.25. The molecule has 23 heavy (non-hydrogen) atoms. The second-order valence-electron chi connectivity index (χ2n) is 6.37. The Morgan fingerprint density at radius 2 is 1.48 bits per heavy atom. The summed E-state index contributed by atoms with van der Waals surface area (Å²) in [7, 11) is 0. The number of anilines is 1. The van der Waals surface area contributed by atoms with Crippen LogP contribution in [0.4, 0.5) is 5.69 Å². The van der Waals surface area contributed by atoms with E-state index in [1.807, 2.05) is 0 Å². The average molecular weight is 354 g/mol. The van der Waals surface area contributed by atoms with Crippen LogP contribution in [0.15, 0.2) is 24.3 Å². The van der Waals surface area contributed by atoms with Crippen molar-refractivity contribution in [1.82, 2.24) is 0 Å². The van der Waals surface area contributed by atoms with Crippen molar-refractivity contribution in [3.63, 3.8) is 0 Å². The quantitative estimate of drug-likeness (QED) is 0.654. The van der Waals surface area contributed by atoms with E-state index in [2.05, 4.69) is 0 Å². The van der Waals surface area contributed by atoms with Crippen molar-refractivity contribution >= 4 is 46.7 Å². The lowest BCUT2D eigenvalue weighted by Gasteiger charge is -2.28. The van der Waals surface area contributed by atoms with Crippen molar-refractivity contribution in [3.05, 3.63) is 29.8 Å². The number of benzene rings is 1. The molecule has 1 N–H and O–H groups in total. The lowest BCUT2D eigenvalue weighted by atomic mass is 9.80. The maximum Gasteiger partial charge on any atom is 0.335 e. The zero-order valence-electron chi connectivity index (χ0n) is 11.9. The normalized spacial score (nSPS) is 38.3. The first-order chi connectivity index (χ1) is 10.9. The number of hydrogen-bond donors (Lipinski definition) is 1. The monoisotopic (exact) mass is 353 g/mol. The zero-order valence-corrected chi connectivity index (χ0v) is 13.4. The summed E-state index contributed by atoms with van der Waals surface area (Å²) in [4.78, 5) is 37.6. The molecule has 1 aromatic carbocycles. The highest BCUT2D eigenvalue weighted by molar-refractivity contribution is 6.32. The minimum absolute atomic E-state index is 0.0612. The number of carboxylic acid groups (broad SMARTS) is 1. The molecular formula is C16H13Cl2NO4. The molecule has 0 spiro atoms. The Balaban J connectivity index is 1.68. The van der Waals surface area contributed by atoms with Crippen molar-refractivity contribution in [2.75, 3.05) is 4.90 Å². The molecule has 1 aromatic rings. The van der Waals surface area contributed by atoms with Gasteiger partial charge in [0.05, 0.1) is 33.8 Å². The summed E-state index contributed by atoms with van der Waals surface area (Å²) in [5, 5.41) is 8.37. The van der Waals surface area contributed by atoms with Gasteiger partial charge in [0.15, 0.2) is 0 Å². The van der Waals surface area contributed by atoms with Gasteiger partial charge < -0.3 is 5.11 Å². The number of alkyl halides is 2. The molecule has 6 atom stereocenters. The first kappa shape index (κ1) is 15.0. The summed E-state index contributed by atoms with van der Waals surface area (Å²) in [6, 6.07) is 5.74. The molecule has 1 aliphatic heterocycles. The minimum atomic E-state index is -1.06. The molecule has 1 heterocycles. The van der Waals surface area contributed by atoms with Crippen molar-refractivity contribution in [2.45, 2.75) is 17.2 Å². The van der Waals surface area contributed by atoms with Crippen LogP contribution in [-0.2, 0) is 9.59 Å². The molecule has 2 bridgehead atoms. The molecule has 5 nitrogen and oxygen atoms in total. The number of carboxylic acids is 1. The number of carbonyl (C=O) groups excluding carboxylic acids is 2. The van der Waals surface area contributed by atoms with Crippen LogP contribution in [0, 0.1) is 23.7 Å². The van der Waals surface area contributed by atoms with Gasteiger partial charge in [0, 0.05) is 0 Å². The topological polar surface area (TPSA) is 74.7 Å². The summed E-state index contributed by atoms with van der Waals surface area (Å²) in [5.74, 6) is -2.47. The van der Waals surface area contributed by atoms with Gasteiger partial charge in [-0.05, 0) is 42.5 Å². The predicted octanol–water partition coefficient (Wildman–Crippen LogP) is 2.35. The Morgan fingerprint density at radius 3 is 1.91 bits per heavy atom. The molecule has 1 saturated heterocycles. The zero-order chi connectivity index (χ0) is 16.5. The van der Waals surface area contributed by atoms with Gasteiger partial charge >= 0.3 is 5.97 Å². The molecule has 3 fully saturated rings. The van der Waals surface area contributed by atoms with Crippen LogP contribution in [0.1, 0.15) is 16.8 Å². The number of fused-ring (bicyclic) bond motifs is 5. The number of amides is 2. The van der Waals surface area contributed by atoms with Crippen molar-refractivity contribution in [3.8, 4) is 0 Å². The van der Waals surface area contributed by atoms with E-state index in [4.69, 9.17) is 28.3 Å². The van der Waals surface area contributed by atoms with Crippen molar-refractivity contribution in [2.24, 2.45) is 23.7 Å². The minimum Gasteiger partial charge on any atom is -0.478 e. The Kier molecular flexibility index (Phi) is 3.22. The lowest BCUT2D eigenvalue weighted by molar-refractivity contribution is -0.123. The molecule has 0 radical (unpaired) electrons. The van der Waals surface area contributed by atoms with E-state index >= 15 is 0 Å². The molecule has 3 aliphatic rings. The standard InChI is InChI=1S/C16H13Cl2NO4/c17-12-8-5-9(13(12)18)11-10(8)14(20)19(15(11)21)7-3-1-6(2-4-7)16(22)23/h1-4,8-13H,5H2,(H,22,23)/t8-,9-,10+,11+,12-,13-/m1/s1. The molecule has 0 aromatic heterocycles. The molecule has 4 rings (SSSR count). The summed E-state index contributed by atoms with van der Waals surface area (Å²) in [6.07, 6.45) is 0.723. The van der Waals surface area contributed by atoms with Crippen LogP contribution in [0.5, 0.6) is 0 Å². The highest BCUT2D eigenvalue weighted by atomic mass is 35.5. The van der Waals surface area contributed by atoms with Gasteiger partial charge in [0.1, 0.15) is 0 Å². The smallest absolute Gasteiger partial charge is 0.335 e. The second kappa shape index (κ2) is 4.95. The fraction of sp³-hybridized carbons (Fsp3) is 0.438. The number of aromatic carboxylic acids is 1. The molecule has 2 aliphatic carbocycles. The van der Waals surface area contributed by atoms with E-state index in [-0.39, 0.29) is 40.0 Å². The highest BCUT2D eigenvalue weighted by Crippen LogP contribution is 2.59. The first-order valence-electron chi connectivity index (χ1n) is 7.41. The number of imide groups is 1. The van der Waals surface area contributed by atoms with Gasteiger partial charge in [-0.2, -0.15) is 0 Å². The van der Waals surface area contributed by atoms with E-state index < -0.39 is 17.8 Å². The summed E-state index contributed by atoms with van der Waals surface area (Å²) in [5.41, 5.74) is 0.505. The number of nitrogens with zero attached hydrogens (tertiary/aromatic N) is 1. The molecule has 2 saturated carbocycles. The summed E-state index contributed by atoms with van der Waals surface area (Å²) < 4.78 is 0. The molecule has 0 unspecified atom stereocenters. The van der Waals surface area contributed by atoms with Crippen LogP contribution in [0.3, 0.4) is 0 Å². The predicted molar refractivity (Wildman–Crippen MR) is 83.8 cm³/mol. The lowest BCUT2D eigenvalue weighted by Crippen LogP contribution is -2.37. The highest BCUT2D eigenvalue weighted by Gasteiger charge is 2.66. The molecule has 7 heteroatoms. The first-order valence-corrected chi connectivity index (χ1v) is 8.28. The molecule has 120 valence electrons. The Morgan fingerprint density at radius 1 is 1.00 bits per heavy atom. The molecular weight excluding hydrogens is 341 g/mol. The van der Waals surface area contributed by atoms with Crippen molar-refractivity contribution in [1.29, 1.82) is 0 Å². The maximum absolute atomic E-state index is 12.7. The Labute approximate surface area is 142 Å². The van der Waals surface area contributed by atoms with E-state index in [9.17, 15) is 14.4 Å². The maximum atomic E-state index is 12.7. The van der Waals surface area contributed by atoms with Crippen LogP contribution < -0.4 is 4.90 Å². The van der Waals surface area contributed by atoms with Gasteiger partial charge in [0.25, 0.3) is 0 Å². The Hall–Kier alpha value is -1.59. The molecule has 2 amide bonds. The van der Waals surface area contributed by atoms with Gasteiger partial charge in [-0.1, -0.05) is 0 Å². The van der Waals surface area contributed by atoms with Gasteiger partial charge in [-0.25, -0.2) is 4.79 Å². The number of rotatable bonds is 2. The van der Waals surface area contributed by atoms with Crippen molar-refractivity contribution < 1.29 is 19.5 Å². The van der Waals surface area contributed by atoms with E-state index in [0.717, 1.165) is 6.42 Å². The number of carbonyl (C=O) groups is 3. The third-order valence-corrected chi connectivity index (χ3v) is 6.68. The third-order valence-electron chi connectivity index (χ3n) is 5.36. The van der Waals surface area contributed by atoms with E-state index in [1.165, 1.54) is 29.2 Å².